The minimum atomic E-state index is 0.343. The van der Waals surface area contributed by atoms with Crippen LogP contribution in [-0.4, -0.2) is 5.16 Å². The van der Waals surface area contributed by atoms with Crippen molar-refractivity contribution in [1.29, 1.82) is 0 Å². The molecular weight excluding hydrogens is 216 g/mol. The van der Waals surface area contributed by atoms with Gasteiger partial charge in [0, 0.05) is 0 Å². The van der Waals surface area contributed by atoms with E-state index in [1.54, 1.807) is 6.92 Å². The van der Waals surface area contributed by atoms with Gasteiger partial charge < -0.3 is 4.52 Å². The number of benzene rings is 1. The topological polar surface area (TPSA) is 47.3 Å². The molecule has 1 N–H and O–H groups in total. The van der Waals surface area contributed by atoms with Gasteiger partial charge in [0.05, 0.1) is 6.61 Å². The fraction of sp³-hybridized carbons (Fsp3) is 0.154. The largest absolute Gasteiger partial charge is 0.345 e. The second-order valence-corrected chi connectivity index (χ2v) is 3.49. The fourth-order valence-corrected chi connectivity index (χ4v) is 1.35. The number of anilines is 1. The van der Waals surface area contributed by atoms with E-state index in [0.29, 0.717) is 23.7 Å². The molecule has 2 aromatic rings. The molecule has 0 aliphatic heterocycles. The van der Waals surface area contributed by atoms with Gasteiger partial charge in [0.25, 0.3) is 0 Å². The maximum absolute atomic E-state index is 5.34. The SMILES string of the molecule is C#Cc1onc(C)c1NOCc1ccccc1. The third-order valence-corrected chi connectivity index (χ3v) is 2.25. The van der Waals surface area contributed by atoms with Gasteiger partial charge in [-0.3, -0.25) is 10.3 Å². The Kier molecular flexibility index (Phi) is 3.43. The van der Waals surface area contributed by atoms with Crippen molar-refractivity contribution in [2.45, 2.75) is 13.5 Å². The highest BCUT2D eigenvalue weighted by Crippen LogP contribution is 2.19. The summed E-state index contributed by atoms with van der Waals surface area (Å²) in [5.41, 5.74) is 5.10. The van der Waals surface area contributed by atoms with Crippen molar-refractivity contribution in [3.8, 4) is 12.3 Å². The number of rotatable bonds is 4. The van der Waals surface area contributed by atoms with E-state index < -0.39 is 0 Å². The predicted molar refractivity (Wildman–Crippen MR) is 64.0 cm³/mol. The van der Waals surface area contributed by atoms with E-state index >= 15 is 0 Å². The first-order valence-electron chi connectivity index (χ1n) is 5.16. The van der Waals surface area contributed by atoms with Crippen molar-refractivity contribution in [3.63, 3.8) is 0 Å². The van der Waals surface area contributed by atoms with E-state index in [0.717, 1.165) is 5.56 Å². The Morgan fingerprint density at radius 2 is 2.18 bits per heavy atom. The molecule has 0 aliphatic rings. The summed E-state index contributed by atoms with van der Waals surface area (Å²) in [6.07, 6.45) is 5.27. The van der Waals surface area contributed by atoms with Crippen LogP contribution in [0.25, 0.3) is 0 Å². The summed E-state index contributed by atoms with van der Waals surface area (Å²) in [6.45, 7) is 2.23. The Morgan fingerprint density at radius 3 is 2.88 bits per heavy atom. The molecule has 1 aromatic carbocycles. The van der Waals surface area contributed by atoms with Crippen molar-refractivity contribution in [1.82, 2.24) is 5.16 Å². The molecule has 0 fully saturated rings. The second kappa shape index (κ2) is 5.19. The number of aryl methyl sites for hydroxylation is 1. The molecule has 4 nitrogen and oxygen atoms in total. The quantitative estimate of drug-likeness (QED) is 0.645. The molecule has 0 saturated carbocycles. The van der Waals surface area contributed by atoms with Gasteiger partial charge in [0.1, 0.15) is 11.4 Å². The average Bonchev–Trinajstić information content (AvgIpc) is 2.72. The average molecular weight is 228 g/mol. The normalized spacial score (nSPS) is 9.88. The van der Waals surface area contributed by atoms with Gasteiger partial charge in [-0.15, -0.1) is 6.42 Å². The first kappa shape index (κ1) is 11.2. The monoisotopic (exact) mass is 228 g/mol. The maximum atomic E-state index is 5.34. The molecule has 4 heteroatoms. The van der Waals surface area contributed by atoms with Gasteiger partial charge >= 0.3 is 0 Å². The number of hydrogen-bond acceptors (Lipinski definition) is 4. The lowest BCUT2D eigenvalue weighted by Crippen LogP contribution is -2.02. The van der Waals surface area contributed by atoms with E-state index in [1.165, 1.54) is 0 Å². The zero-order valence-electron chi connectivity index (χ0n) is 9.43. The molecule has 2 rings (SSSR count). The van der Waals surface area contributed by atoms with Crippen molar-refractivity contribution in [3.05, 3.63) is 47.3 Å². The molecule has 86 valence electrons. The Morgan fingerprint density at radius 1 is 1.41 bits per heavy atom. The summed E-state index contributed by atoms with van der Waals surface area (Å²) in [5.74, 6) is 2.74. The molecule has 0 unspecified atom stereocenters. The minimum Gasteiger partial charge on any atom is -0.345 e. The first-order chi connectivity index (χ1) is 8.31. The van der Waals surface area contributed by atoms with Gasteiger partial charge in [-0.05, 0) is 18.4 Å². The molecule has 17 heavy (non-hydrogen) atoms. The van der Waals surface area contributed by atoms with Crippen LogP contribution in [0.2, 0.25) is 0 Å². The highest BCUT2D eigenvalue weighted by molar-refractivity contribution is 5.54. The van der Waals surface area contributed by atoms with Gasteiger partial charge in [-0.1, -0.05) is 35.5 Å². The number of terminal acetylenes is 1. The number of aromatic nitrogens is 1. The van der Waals surface area contributed by atoms with Gasteiger partial charge in [0.2, 0.25) is 5.76 Å². The highest BCUT2D eigenvalue weighted by atomic mass is 16.6. The molecule has 0 bridgehead atoms. The lowest BCUT2D eigenvalue weighted by Gasteiger charge is -2.05. The molecule has 1 aromatic heterocycles. The zero-order valence-corrected chi connectivity index (χ0v) is 9.43. The van der Waals surface area contributed by atoms with Crippen LogP contribution in [0.1, 0.15) is 17.0 Å². The highest BCUT2D eigenvalue weighted by Gasteiger charge is 2.10. The first-order valence-corrected chi connectivity index (χ1v) is 5.16. The standard InChI is InChI=1S/C13H12N2O2/c1-3-12-13(10(2)14-17-12)15-16-9-11-7-5-4-6-8-11/h1,4-8,15H,9H2,2H3. The van der Waals surface area contributed by atoms with Crippen LogP contribution < -0.4 is 5.48 Å². The maximum Gasteiger partial charge on any atom is 0.235 e. The Bertz CT molecular complexity index is 526. The van der Waals surface area contributed by atoms with Crippen LogP contribution in [0.5, 0.6) is 0 Å². The number of nitrogens with one attached hydrogen (secondary N) is 1. The smallest absolute Gasteiger partial charge is 0.235 e. The van der Waals surface area contributed by atoms with Crippen LogP contribution in [0.3, 0.4) is 0 Å². The van der Waals surface area contributed by atoms with Gasteiger partial charge in [-0.2, -0.15) is 0 Å². The summed E-state index contributed by atoms with van der Waals surface area (Å²) in [5, 5.41) is 3.75. The van der Waals surface area contributed by atoms with E-state index in [9.17, 15) is 0 Å². The molecule has 0 amide bonds. The zero-order chi connectivity index (χ0) is 12.1. The second-order valence-electron chi connectivity index (χ2n) is 3.49. The van der Waals surface area contributed by atoms with Crippen molar-refractivity contribution in [2.24, 2.45) is 0 Å². The summed E-state index contributed by atoms with van der Waals surface area (Å²) in [4.78, 5) is 5.34. The van der Waals surface area contributed by atoms with Crippen LogP contribution in [0.15, 0.2) is 34.9 Å². The van der Waals surface area contributed by atoms with E-state index in [2.05, 4.69) is 16.6 Å². The minimum absolute atomic E-state index is 0.343. The molecule has 0 radical (unpaired) electrons. The van der Waals surface area contributed by atoms with Crippen molar-refractivity contribution < 1.29 is 9.36 Å². The van der Waals surface area contributed by atoms with Crippen molar-refractivity contribution >= 4 is 5.69 Å². The predicted octanol–water partition coefficient (Wildman–Crippen LogP) is 2.51. The summed E-state index contributed by atoms with van der Waals surface area (Å²) in [6, 6.07) is 9.82. The van der Waals surface area contributed by atoms with Crippen molar-refractivity contribution in [2.75, 3.05) is 5.48 Å². The number of hydrogen-bond donors (Lipinski definition) is 1. The van der Waals surface area contributed by atoms with Crippen LogP contribution in [0, 0.1) is 19.3 Å². The third-order valence-electron chi connectivity index (χ3n) is 2.25. The van der Waals surface area contributed by atoms with E-state index in [-0.39, 0.29) is 0 Å². The summed E-state index contributed by atoms with van der Waals surface area (Å²) < 4.78 is 4.92. The van der Waals surface area contributed by atoms with Gasteiger partial charge in [-0.25, -0.2) is 0 Å². The molecule has 0 spiro atoms. The number of nitrogens with zero attached hydrogens (tertiary/aromatic N) is 1. The fourth-order valence-electron chi connectivity index (χ4n) is 1.35. The Balaban J connectivity index is 1.95. The summed E-state index contributed by atoms with van der Waals surface area (Å²) >= 11 is 0. The van der Waals surface area contributed by atoms with Crippen LogP contribution >= 0.6 is 0 Å². The summed E-state index contributed by atoms with van der Waals surface area (Å²) in [7, 11) is 0. The lowest BCUT2D eigenvalue weighted by molar-refractivity contribution is 0.179. The van der Waals surface area contributed by atoms with E-state index in [4.69, 9.17) is 15.8 Å². The lowest BCUT2D eigenvalue weighted by atomic mass is 10.2. The molecule has 0 saturated heterocycles. The van der Waals surface area contributed by atoms with Gasteiger partial charge in [0.15, 0.2) is 0 Å². The van der Waals surface area contributed by atoms with Crippen LogP contribution in [0.4, 0.5) is 5.69 Å². The Labute approximate surface area is 99.5 Å². The third kappa shape index (κ3) is 2.65. The van der Waals surface area contributed by atoms with E-state index in [1.807, 2.05) is 30.3 Å². The molecule has 0 atom stereocenters. The Hall–Kier alpha value is -2.25. The molecule has 1 heterocycles. The van der Waals surface area contributed by atoms with Crippen LogP contribution in [-0.2, 0) is 11.4 Å². The molecular formula is C13H12N2O2. The molecule has 0 aliphatic carbocycles.